The summed E-state index contributed by atoms with van der Waals surface area (Å²) >= 11 is 2.73. The Labute approximate surface area is 111 Å². The number of aliphatic hydroxyl groups excluding tert-OH is 1. The van der Waals surface area contributed by atoms with Crippen LogP contribution in [0.2, 0.25) is 0 Å². The van der Waals surface area contributed by atoms with Crippen molar-refractivity contribution in [1.82, 2.24) is 4.31 Å². The van der Waals surface area contributed by atoms with Gasteiger partial charge in [-0.1, -0.05) is 0 Å². The summed E-state index contributed by atoms with van der Waals surface area (Å²) in [4.78, 5) is 0.662. The van der Waals surface area contributed by atoms with Gasteiger partial charge in [0.1, 0.15) is 4.21 Å². The van der Waals surface area contributed by atoms with Crippen molar-refractivity contribution in [2.45, 2.75) is 23.8 Å². The van der Waals surface area contributed by atoms with Gasteiger partial charge in [-0.25, -0.2) is 8.42 Å². The first kappa shape index (κ1) is 15.0. The molecular formula is C10H17NO3S3. The Morgan fingerprint density at radius 2 is 2.18 bits per heavy atom. The molecule has 98 valence electrons. The lowest BCUT2D eigenvalue weighted by atomic mass is 10.4. The Hall–Kier alpha value is -0.0800. The normalized spacial score (nSPS) is 14.2. The lowest BCUT2D eigenvalue weighted by Crippen LogP contribution is -2.36. The first-order chi connectivity index (χ1) is 7.93. The van der Waals surface area contributed by atoms with Crippen LogP contribution in [0.1, 0.15) is 11.8 Å². The van der Waals surface area contributed by atoms with E-state index in [1.807, 2.05) is 13.2 Å². The van der Waals surface area contributed by atoms with Gasteiger partial charge in [0.2, 0.25) is 0 Å². The van der Waals surface area contributed by atoms with Crippen molar-refractivity contribution in [3.8, 4) is 0 Å². The largest absolute Gasteiger partial charge is 0.391 e. The van der Waals surface area contributed by atoms with Crippen molar-refractivity contribution >= 4 is 33.1 Å². The standard InChI is InChI=1S/C10H17NO3S3/c1-8(7-15-3)11(2)17(13,14)10-5-4-9(6-12)16-10/h4-5,8,12H,6-7H2,1-3H3. The molecule has 0 spiro atoms. The second-order valence-electron chi connectivity index (χ2n) is 3.70. The molecule has 1 N–H and O–H groups in total. The fourth-order valence-electron chi connectivity index (χ4n) is 1.31. The Morgan fingerprint density at radius 1 is 1.53 bits per heavy atom. The maximum absolute atomic E-state index is 12.2. The molecule has 1 heterocycles. The molecule has 1 aromatic rings. The predicted molar refractivity (Wildman–Crippen MR) is 73.0 cm³/mol. The molecule has 0 aliphatic carbocycles. The number of hydrogen-bond donors (Lipinski definition) is 1. The minimum absolute atomic E-state index is 0.0466. The summed E-state index contributed by atoms with van der Waals surface area (Å²) in [6.45, 7) is 1.76. The van der Waals surface area contributed by atoms with Crippen molar-refractivity contribution in [3.05, 3.63) is 17.0 Å². The van der Waals surface area contributed by atoms with Crippen molar-refractivity contribution in [1.29, 1.82) is 0 Å². The molecule has 7 heteroatoms. The summed E-state index contributed by atoms with van der Waals surface area (Å²) in [5.41, 5.74) is 0. The predicted octanol–water partition coefficient (Wildman–Crippen LogP) is 1.61. The average Bonchev–Trinajstić information content (AvgIpc) is 2.77. The summed E-state index contributed by atoms with van der Waals surface area (Å²) in [6, 6.07) is 3.15. The third-order valence-electron chi connectivity index (χ3n) is 2.45. The van der Waals surface area contributed by atoms with Gasteiger partial charge in [-0.05, 0) is 25.3 Å². The molecule has 0 aromatic carbocycles. The monoisotopic (exact) mass is 295 g/mol. The molecule has 17 heavy (non-hydrogen) atoms. The smallest absolute Gasteiger partial charge is 0.252 e. The van der Waals surface area contributed by atoms with Gasteiger partial charge in [-0.15, -0.1) is 11.3 Å². The molecule has 0 aliphatic heterocycles. The van der Waals surface area contributed by atoms with Gasteiger partial charge in [-0.2, -0.15) is 16.1 Å². The highest BCUT2D eigenvalue weighted by molar-refractivity contribution is 7.98. The molecule has 0 aliphatic rings. The number of hydrogen-bond acceptors (Lipinski definition) is 5. The van der Waals surface area contributed by atoms with E-state index in [4.69, 9.17) is 5.11 Å². The topological polar surface area (TPSA) is 57.6 Å². The number of aliphatic hydroxyl groups is 1. The third-order valence-corrected chi connectivity index (χ3v) is 6.78. The lowest BCUT2D eigenvalue weighted by Gasteiger charge is -2.22. The first-order valence-corrected chi connectivity index (χ1v) is 8.75. The summed E-state index contributed by atoms with van der Waals surface area (Å²) in [5, 5.41) is 8.95. The van der Waals surface area contributed by atoms with Crippen molar-refractivity contribution < 1.29 is 13.5 Å². The van der Waals surface area contributed by atoms with E-state index in [9.17, 15) is 8.42 Å². The molecule has 0 fully saturated rings. The van der Waals surface area contributed by atoms with Crippen LogP contribution in [-0.4, -0.2) is 42.9 Å². The van der Waals surface area contributed by atoms with Crippen LogP contribution in [0.4, 0.5) is 0 Å². The van der Waals surface area contributed by atoms with E-state index >= 15 is 0 Å². The van der Waals surface area contributed by atoms with E-state index in [0.29, 0.717) is 4.88 Å². The van der Waals surface area contributed by atoms with Crippen molar-refractivity contribution in [2.24, 2.45) is 0 Å². The molecule has 1 atom stereocenters. The molecule has 1 aromatic heterocycles. The quantitative estimate of drug-likeness (QED) is 0.866. The molecule has 0 radical (unpaired) electrons. The van der Waals surface area contributed by atoms with Gasteiger partial charge < -0.3 is 5.11 Å². The molecule has 0 saturated carbocycles. The van der Waals surface area contributed by atoms with E-state index in [0.717, 1.165) is 17.1 Å². The summed E-state index contributed by atoms with van der Waals surface area (Å²) < 4.78 is 26.1. The van der Waals surface area contributed by atoms with Crippen LogP contribution >= 0.6 is 23.1 Å². The molecule has 1 unspecified atom stereocenters. The van der Waals surface area contributed by atoms with E-state index in [1.165, 1.54) is 4.31 Å². The molecular weight excluding hydrogens is 278 g/mol. The molecule has 4 nitrogen and oxygen atoms in total. The maximum atomic E-state index is 12.2. The van der Waals surface area contributed by atoms with Crippen LogP contribution in [-0.2, 0) is 16.6 Å². The zero-order chi connectivity index (χ0) is 13.1. The Bertz CT molecular complexity index is 455. The summed E-state index contributed by atoms with van der Waals surface area (Å²) in [6.07, 6.45) is 1.95. The van der Waals surface area contributed by atoms with Gasteiger partial charge in [0.05, 0.1) is 6.61 Å². The van der Waals surface area contributed by atoms with Gasteiger partial charge >= 0.3 is 0 Å². The van der Waals surface area contributed by atoms with Crippen LogP contribution in [0.5, 0.6) is 0 Å². The van der Waals surface area contributed by atoms with Gasteiger partial charge in [0.25, 0.3) is 10.0 Å². The zero-order valence-corrected chi connectivity index (χ0v) is 12.5. The number of nitrogens with zero attached hydrogens (tertiary/aromatic N) is 1. The van der Waals surface area contributed by atoms with Gasteiger partial charge in [0, 0.05) is 23.7 Å². The number of rotatable bonds is 6. The number of sulfonamides is 1. The van der Waals surface area contributed by atoms with E-state index in [2.05, 4.69) is 0 Å². The molecule has 1 rings (SSSR count). The lowest BCUT2D eigenvalue weighted by molar-refractivity contribution is 0.285. The van der Waals surface area contributed by atoms with Gasteiger partial charge in [-0.3, -0.25) is 0 Å². The fourth-order valence-corrected chi connectivity index (χ4v) is 4.87. The highest BCUT2D eigenvalue weighted by atomic mass is 32.2. The van der Waals surface area contributed by atoms with Crippen LogP contribution in [0.15, 0.2) is 16.3 Å². The minimum atomic E-state index is -3.42. The molecule has 0 saturated heterocycles. The van der Waals surface area contributed by atoms with Crippen molar-refractivity contribution in [3.63, 3.8) is 0 Å². The zero-order valence-electron chi connectivity index (χ0n) is 10.1. The number of thioether (sulfide) groups is 1. The Balaban J connectivity index is 2.94. The molecule has 0 amide bonds. The van der Waals surface area contributed by atoms with Crippen LogP contribution in [0.25, 0.3) is 0 Å². The van der Waals surface area contributed by atoms with E-state index in [1.54, 1.807) is 30.9 Å². The third kappa shape index (κ3) is 3.45. The van der Waals surface area contributed by atoms with Crippen LogP contribution in [0.3, 0.4) is 0 Å². The van der Waals surface area contributed by atoms with Crippen molar-refractivity contribution in [2.75, 3.05) is 19.1 Å². The molecule has 0 bridgehead atoms. The first-order valence-electron chi connectivity index (χ1n) is 5.10. The highest BCUT2D eigenvalue weighted by Gasteiger charge is 2.26. The summed E-state index contributed by atoms with van der Waals surface area (Å²) in [5.74, 6) is 0.758. The second-order valence-corrected chi connectivity index (χ2v) is 8.01. The number of thiophene rings is 1. The van der Waals surface area contributed by atoms with Crippen LogP contribution in [0, 0.1) is 0 Å². The van der Waals surface area contributed by atoms with Gasteiger partial charge in [0.15, 0.2) is 0 Å². The van der Waals surface area contributed by atoms with Crippen LogP contribution < -0.4 is 0 Å². The fraction of sp³-hybridized carbons (Fsp3) is 0.600. The second kappa shape index (κ2) is 6.19. The minimum Gasteiger partial charge on any atom is -0.391 e. The highest BCUT2D eigenvalue weighted by Crippen LogP contribution is 2.25. The van der Waals surface area contributed by atoms with E-state index < -0.39 is 10.0 Å². The Morgan fingerprint density at radius 3 is 2.65 bits per heavy atom. The SMILES string of the molecule is CSCC(C)N(C)S(=O)(=O)c1ccc(CO)s1. The average molecular weight is 295 g/mol. The van der Waals surface area contributed by atoms with E-state index in [-0.39, 0.29) is 16.9 Å². The summed E-state index contributed by atoms with van der Waals surface area (Å²) in [7, 11) is -1.83. The Kier molecular flexibility index (Phi) is 5.46. The maximum Gasteiger partial charge on any atom is 0.252 e.